The molecule has 2 heterocycles. The Balaban J connectivity index is 2.31. The lowest BCUT2D eigenvalue weighted by atomic mass is 10.00. The molecule has 1 atom stereocenters. The van der Waals surface area contributed by atoms with Crippen LogP contribution in [0.5, 0.6) is 5.88 Å². The molecule has 0 saturated heterocycles. The van der Waals surface area contributed by atoms with Gasteiger partial charge >= 0.3 is 0 Å². The summed E-state index contributed by atoms with van der Waals surface area (Å²) < 4.78 is 7.09. The summed E-state index contributed by atoms with van der Waals surface area (Å²) in [5, 5.41) is 5.27. The first-order chi connectivity index (χ1) is 11.3. The van der Waals surface area contributed by atoms with Crippen LogP contribution in [-0.2, 0) is 18.3 Å². The Morgan fingerprint density at radius 2 is 2.08 bits per heavy atom. The molecule has 0 aliphatic carbocycles. The van der Waals surface area contributed by atoms with Gasteiger partial charge in [-0.05, 0) is 38.3 Å². The summed E-state index contributed by atoms with van der Waals surface area (Å²) in [6.45, 7) is 6.41. The molecule has 0 aromatic carbocycles. The second kappa shape index (κ2) is 7.17. The summed E-state index contributed by atoms with van der Waals surface area (Å²) in [5.41, 5.74) is 9.51. The van der Waals surface area contributed by atoms with Crippen LogP contribution in [0.1, 0.15) is 30.2 Å². The third kappa shape index (κ3) is 3.21. The first-order valence-electron chi connectivity index (χ1n) is 8.14. The van der Waals surface area contributed by atoms with Crippen LogP contribution in [0.15, 0.2) is 0 Å². The van der Waals surface area contributed by atoms with Gasteiger partial charge in [0.25, 0.3) is 0 Å². The molecular formula is C17H27N5O2. The molecule has 0 bridgehead atoms. The fraction of sp³-hybridized carbons (Fsp3) is 0.588. The number of rotatable bonds is 6. The van der Waals surface area contributed by atoms with Gasteiger partial charge in [0, 0.05) is 38.8 Å². The molecule has 2 rings (SSSR count). The van der Waals surface area contributed by atoms with Gasteiger partial charge in [0.1, 0.15) is 0 Å². The number of aromatic nitrogens is 3. The molecule has 0 saturated carbocycles. The number of pyridine rings is 1. The van der Waals surface area contributed by atoms with Gasteiger partial charge in [0.05, 0.1) is 12.5 Å². The van der Waals surface area contributed by atoms with E-state index in [4.69, 9.17) is 10.5 Å². The highest BCUT2D eigenvalue weighted by Crippen LogP contribution is 2.30. The van der Waals surface area contributed by atoms with Gasteiger partial charge in [-0.25, -0.2) is 9.67 Å². The minimum atomic E-state index is 0.0405. The van der Waals surface area contributed by atoms with E-state index in [9.17, 15) is 4.79 Å². The van der Waals surface area contributed by atoms with Crippen molar-refractivity contribution in [1.82, 2.24) is 19.7 Å². The minimum absolute atomic E-state index is 0.0405. The van der Waals surface area contributed by atoms with Gasteiger partial charge in [-0.1, -0.05) is 0 Å². The van der Waals surface area contributed by atoms with Crippen molar-refractivity contribution < 1.29 is 9.53 Å². The molecule has 2 aromatic heterocycles. The molecule has 0 aliphatic rings. The Bertz CT molecular complexity index is 753. The smallest absolute Gasteiger partial charge is 0.242 e. The van der Waals surface area contributed by atoms with Crippen molar-refractivity contribution in [2.24, 2.45) is 12.8 Å². The van der Waals surface area contributed by atoms with E-state index in [1.165, 1.54) is 0 Å². The van der Waals surface area contributed by atoms with E-state index < -0.39 is 0 Å². The van der Waals surface area contributed by atoms with Crippen LogP contribution in [-0.4, -0.2) is 52.3 Å². The van der Waals surface area contributed by atoms with Crippen molar-refractivity contribution in [2.75, 3.05) is 20.7 Å². The van der Waals surface area contributed by atoms with Crippen molar-refractivity contribution in [3.8, 4) is 5.88 Å². The zero-order valence-electron chi connectivity index (χ0n) is 15.4. The number of carbonyl (C=O) groups excluding carboxylic acids is 1. The number of carbonyl (C=O) groups is 1. The Labute approximate surface area is 142 Å². The average molecular weight is 333 g/mol. The SMILES string of the molecule is COc1nn(C)c2nc(C)c(CCC(=O)N(C)C(C)CN)c(C)c12. The van der Waals surface area contributed by atoms with Gasteiger partial charge in [0.2, 0.25) is 11.8 Å². The van der Waals surface area contributed by atoms with E-state index in [2.05, 4.69) is 10.1 Å². The third-order valence-electron chi connectivity index (χ3n) is 4.70. The van der Waals surface area contributed by atoms with E-state index in [0.717, 1.165) is 27.9 Å². The second-order valence-corrected chi connectivity index (χ2v) is 6.22. The molecule has 7 nitrogen and oxygen atoms in total. The lowest BCUT2D eigenvalue weighted by Gasteiger charge is -2.24. The highest BCUT2D eigenvalue weighted by Gasteiger charge is 2.20. The maximum Gasteiger partial charge on any atom is 0.242 e. The maximum atomic E-state index is 12.3. The van der Waals surface area contributed by atoms with Gasteiger partial charge in [0.15, 0.2) is 5.65 Å². The lowest BCUT2D eigenvalue weighted by Crippen LogP contribution is -2.39. The van der Waals surface area contributed by atoms with Crippen molar-refractivity contribution in [2.45, 2.75) is 39.7 Å². The first-order valence-corrected chi connectivity index (χ1v) is 8.14. The number of fused-ring (bicyclic) bond motifs is 1. The molecule has 1 amide bonds. The van der Waals surface area contributed by atoms with Crippen molar-refractivity contribution >= 4 is 16.9 Å². The van der Waals surface area contributed by atoms with E-state index >= 15 is 0 Å². The van der Waals surface area contributed by atoms with E-state index in [0.29, 0.717) is 25.3 Å². The van der Waals surface area contributed by atoms with E-state index in [-0.39, 0.29) is 11.9 Å². The van der Waals surface area contributed by atoms with Crippen LogP contribution < -0.4 is 10.5 Å². The Kier molecular flexibility index (Phi) is 5.43. The van der Waals surface area contributed by atoms with Crippen LogP contribution >= 0.6 is 0 Å². The van der Waals surface area contributed by atoms with Crippen LogP contribution in [0.4, 0.5) is 0 Å². The summed E-state index contributed by atoms with van der Waals surface area (Å²) in [4.78, 5) is 18.7. The number of ether oxygens (including phenoxy) is 1. The Morgan fingerprint density at radius 3 is 2.67 bits per heavy atom. The maximum absolute atomic E-state index is 12.3. The number of methoxy groups -OCH3 is 1. The molecular weight excluding hydrogens is 306 g/mol. The van der Waals surface area contributed by atoms with Crippen LogP contribution in [0, 0.1) is 13.8 Å². The summed E-state index contributed by atoms with van der Waals surface area (Å²) in [7, 11) is 5.25. The molecule has 132 valence electrons. The van der Waals surface area contributed by atoms with Gasteiger partial charge < -0.3 is 15.4 Å². The number of hydrogen-bond acceptors (Lipinski definition) is 5. The highest BCUT2D eigenvalue weighted by atomic mass is 16.5. The van der Waals surface area contributed by atoms with Crippen molar-refractivity contribution in [1.29, 1.82) is 0 Å². The number of likely N-dealkylation sites (N-methyl/N-ethyl adjacent to an activating group) is 1. The summed E-state index contributed by atoms with van der Waals surface area (Å²) in [6.07, 6.45) is 1.07. The number of amides is 1. The molecule has 24 heavy (non-hydrogen) atoms. The molecule has 0 spiro atoms. The zero-order valence-corrected chi connectivity index (χ0v) is 15.4. The minimum Gasteiger partial charge on any atom is -0.479 e. The largest absolute Gasteiger partial charge is 0.479 e. The first kappa shape index (κ1) is 18.2. The normalized spacial score (nSPS) is 12.5. The molecule has 2 N–H and O–H groups in total. The molecule has 0 radical (unpaired) electrons. The fourth-order valence-corrected chi connectivity index (χ4v) is 2.92. The van der Waals surface area contributed by atoms with Gasteiger partial charge in [-0.2, -0.15) is 0 Å². The summed E-state index contributed by atoms with van der Waals surface area (Å²) >= 11 is 0. The monoisotopic (exact) mass is 333 g/mol. The fourth-order valence-electron chi connectivity index (χ4n) is 2.92. The number of aryl methyl sites for hydroxylation is 3. The van der Waals surface area contributed by atoms with E-state index in [1.807, 2.05) is 27.8 Å². The summed E-state index contributed by atoms with van der Waals surface area (Å²) in [6, 6.07) is 0.0405. The molecule has 0 aliphatic heterocycles. The van der Waals surface area contributed by atoms with Crippen LogP contribution in [0.2, 0.25) is 0 Å². The molecule has 2 aromatic rings. The Morgan fingerprint density at radius 1 is 1.42 bits per heavy atom. The second-order valence-electron chi connectivity index (χ2n) is 6.22. The zero-order chi connectivity index (χ0) is 18.0. The number of nitrogens with two attached hydrogens (primary N) is 1. The number of hydrogen-bond donors (Lipinski definition) is 1. The average Bonchev–Trinajstić information content (AvgIpc) is 2.89. The predicted molar refractivity (Wildman–Crippen MR) is 94.1 cm³/mol. The van der Waals surface area contributed by atoms with Crippen LogP contribution in [0.25, 0.3) is 11.0 Å². The predicted octanol–water partition coefficient (Wildman–Crippen LogP) is 1.33. The lowest BCUT2D eigenvalue weighted by molar-refractivity contribution is -0.131. The highest BCUT2D eigenvalue weighted by molar-refractivity contribution is 5.86. The quantitative estimate of drug-likeness (QED) is 0.862. The molecule has 0 fully saturated rings. The summed E-state index contributed by atoms with van der Waals surface area (Å²) in [5.74, 6) is 0.656. The standard InChI is InChI=1S/C17H27N5O2/c1-10(9-18)21(4)14(23)8-7-13-11(2)15-16(19-12(13)3)22(5)20-17(15)24-6/h10H,7-9,18H2,1-6H3. The third-order valence-corrected chi connectivity index (χ3v) is 4.70. The Hall–Kier alpha value is -2.15. The molecule has 1 unspecified atom stereocenters. The van der Waals surface area contributed by atoms with Gasteiger partial charge in [-0.15, -0.1) is 5.10 Å². The van der Waals surface area contributed by atoms with Crippen molar-refractivity contribution in [3.05, 3.63) is 16.8 Å². The van der Waals surface area contributed by atoms with Gasteiger partial charge in [-0.3, -0.25) is 4.79 Å². The van der Waals surface area contributed by atoms with E-state index in [1.54, 1.807) is 23.7 Å². The topological polar surface area (TPSA) is 86.3 Å². The molecule has 7 heteroatoms. The number of nitrogens with zero attached hydrogens (tertiary/aromatic N) is 4. The van der Waals surface area contributed by atoms with Crippen LogP contribution in [0.3, 0.4) is 0 Å². The van der Waals surface area contributed by atoms with Crippen molar-refractivity contribution in [3.63, 3.8) is 0 Å².